The van der Waals surface area contributed by atoms with E-state index in [2.05, 4.69) is 34.2 Å². The lowest BCUT2D eigenvalue weighted by Gasteiger charge is -2.42. The molecule has 7 heteroatoms. The third kappa shape index (κ3) is 4.51. The molecular weight excluding hydrogens is 410 g/mol. The first-order valence-corrected chi connectivity index (χ1v) is 11.9. The van der Waals surface area contributed by atoms with Crippen LogP contribution in [-0.4, -0.2) is 48.3 Å². The van der Waals surface area contributed by atoms with Crippen LogP contribution in [0.25, 0.3) is 10.4 Å². The molecule has 1 unspecified atom stereocenters. The van der Waals surface area contributed by atoms with E-state index in [4.69, 9.17) is 0 Å². The van der Waals surface area contributed by atoms with Crippen molar-refractivity contribution in [2.45, 2.75) is 45.1 Å². The number of hydrogen-bond donors (Lipinski definition) is 2. The first-order chi connectivity index (χ1) is 15.0. The summed E-state index contributed by atoms with van der Waals surface area (Å²) in [6.07, 6.45) is 3.00. The number of carbonyl (C=O) groups is 3. The number of piperidine rings is 1. The summed E-state index contributed by atoms with van der Waals surface area (Å²) in [5.74, 6) is -0.134. The van der Waals surface area contributed by atoms with Gasteiger partial charge in [-0.1, -0.05) is 30.3 Å². The standard InChI is InChI=1S/C24H29N3O3S/c1-2-25-23(30)24(15-17-7-3-4-8-18(17)20-9-5-14-31-20)12-6-13-27(16-24)22(29)19-10-11-21(28)26-19/h3-5,7-9,14,19H,2,6,10-13,15-16H2,1H3,(H,25,30)(H,26,28)/t19-,24?/m0/s1. The fraction of sp³-hybridized carbons (Fsp3) is 0.458. The van der Waals surface area contributed by atoms with Crippen LogP contribution in [0.4, 0.5) is 0 Å². The van der Waals surface area contributed by atoms with Crippen molar-refractivity contribution in [2.24, 2.45) is 5.41 Å². The van der Waals surface area contributed by atoms with Crippen molar-refractivity contribution in [2.75, 3.05) is 19.6 Å². The zero-order chi connectivity index (χ0) is 21.8. The van der Waals surface area contributed by atoms with Crippen LogP contribution in [0.3, 0.4) is 0 Å². The van der Waals surface area contributed by atoms with Crippen LogP contribution >= 0.6 is 11.3 Å². The molecule has 2 aliphatic heterocycles. The van der Waals surface area contributed by atoms with Crippen LogP contribution < -0.4 is 10.6 Å². The van der Waals surface area contributed by atoms with E-state index in [9.17, 15) is 14.4 Å². The third-order valence-electron chi connectivity index (χ3n) is 6.33. The largest absolute Gasteiger partial charge is 0.356 e. The van der Waals surface area contributed by atoms with Gasteiger partial charge in [0.1, 0.15) is 6.04 Å². The Labute approximate surface area is 187 Å². The topological polar surface area (TPSA) is 78.5 Å². The maximum atomic E-state index is 13.3. The van der Waals surface area contributed by atoms with Gasteiger partial charge in [0, 0.05) is 30.9 Å². The van der Waals surface area contributed by atoms with Gasteiger partial charge in [-0.3, -0.25) is 14.4 Å². The van der Waals surface area contributed by atoms with Gasteiger partial charge in [0.25, 0.3) is 0 Å². The summed E-state index contributed by atoms with van der Waals surface area (Å²) in [5.41, 5.74) is 1.59. The molecular formula is C24H29N3O3S. The SMILES string of the molecule is CCNC(=O)C1(Cc2ccccc2-c2cccs2)CCCN(C(=O)[C@@H]2CCC(=O)N2)C1. The number of nitrogens with zero attached hydrogens (tertiary/aromatic N) is 1. The highest BCUT2D eigenvalue weighted by Gasteiger charge is 2.45. The lowest BCUT2D eigenvalue weighted by atomic mass is 9.73. The van der Waals surface area contributed by atoms with Gasteiger partial charge in [-0.05, 0) is 55.2 Å². The highest BCUT2D eigenvalue weighted by atomic mass is 32.1. The monoisotopic (exact) mass is 439 g/mol. The number of carbonyl (C=O) groups excluding carboxylic acids is 3. The summed E-state index contributed by atoms with van der Waals surface area (Å²) >= 11 is 1.69. The van der Waals surface area contributed by atoms with Gasteiger partial charge in [0.05, 0.1) is 5.41 Å². The molecule has 6 nitrogen and oxygen atoms in total. The fourth-order valence-corrected chi connectivity index (χ4v) is 5.60. The Morgan fingerprint density at radius 2 is 2.10 bits per heavy atom. The number of hydrogen-bond acceptors (Lipinski definition) is 4. The first-order valence-electron chi connectivity index (χ1n) is 11.0. The second-order valence-electron chi connectivity index (χ2n) is 8.47. The molecule has 3 amide bonds. The Morgan fingerprint density at radius 3 is 2.81 bits per heavy atom. The Bertz CT molecular complexity index is 959. The predicted octanol–water partition coefficient (Wildman–Crippen LogP) is 2.98. The summed E-state index contributed by atoms with van der Waals surface area (Å²) in [7, 11) is 0. The summed E-state index contributed by atoms with van der Waals surface area (Å²) in [6.45, 7) is 3.48. The van der Waals surface area contributed by atoms with E-state index < -0.39 is 11.5 Å². The van der Waals surface area contributed by atoms with Gasteiger partial charge in [-0.25, -0.2) is 0 Å². The van der Waals surface area contributed by atoms with E-state index in [1.54, 1.807) is 16.2 Å². The van der Waals surface area contributed by atoms with Gasteiger partial charge in [0.15, 0.2) is 0 Å². The summed E-state index contributed by atoms with van der Waals surface area (Å²) < 4.78 is 0. The number of amides is 3. The van der Waals surface area contributed by atoms with Crippen LogP contribution in [0, 0.1) is 5.41 Å². The van der Waals surface area contributed by atoms with Crippen molar-refractivity contribution >= 4 is 29.1 Å². The van der Waals surface area contributed by atoms with Crippen molar-refractivity contribution in [1.82, 2.24) is 15.5 Å². The Morgan fingerprint density at radius 1 is 1.26 bits per heavy atom. The van der Waals surface area contributed by atoms with Crippen LogP contribution in [0.5, 0.6) is 0 Å². The van der Waals surface area contributed by atoms with E-state index in [0.717, 1.165) is 24.0 Å². The number of benzene rings is 1. The average molecular weight is 440 g/mol. The zero-order valence-electron chi connectivity index (χ0n) is 17.9. The molecule has 3 heterocycles. The molecule has 0 spiro atoms. The lowest BCUT2D eigenvalue weighted by molar-refractivity contribution is -0.143. The third-order valence-corrected chi connectivity index (χ3v) is 7.24. The van der Waals surface area contributed by atoms with Crippen molar-refractivity contribution < 1.29 is 14.4 Å². The molecule has 0 bridgehead atoms. The molecule has 164 valence electrons. The zero-order valence-corrected chi connectivity index (χ0v) is 18.7. The van der Waals surface area contributed by atoms with Crippen LogP contribution in [0.1, 0.15) is 38.2 Å². The van der Waals surface area contributed by atoms with Crippen LogP contribution in [-0.2, 0) is 20.8 Å². The van der Waals surface area contributed by atoms with Crippen molar-refractivity contribution in [3.8, 4) is 10.4 Å². The van der Waals surface area contributed by atoms with Crippen LogP contribution in [0.2, 0.25) is 0 Å². The molecule has 4 rings (SSSR count). The molecule has 1 aromatic heterocycles. The maximum absolute atomic E-state index is 13.3. The van der Waals surface area contributed by atoms with Gasteiger partial charge in [0.2, 0.25) is 17.7 Å². The molecule has 2 aliphatic rings. The molecule has 2 aromatic rings. The average Bonchev–Trinajstić information content (AvgIpc) is 3.46. The minimum atomic E-state index is -0.681. The van der Waals surface area contributed by atoms with Crippen molar-refractivity contribution in [3.05, 3.63) is 47.3 Å². The minimum Gasteiger partial charge on any atom is -0.356 e. The summed E-state index contributed by atoms with van der Waals surface area (Å²) in [6, 6.07) is 11.9. The minimum absolute atomic E-state index is 0.00365. The number of nitrogens with one attached hydrogen (secondary N) is 2. The Kier molecular flexibility index (Phi) is 6.41. The summed E-state index contributed by atoms with van der Waals surface area (Å²) in [4.78, 5) is 41.0. The van der Waals surface area contributed by atoms with Gasteiger partial charge < -0.3 is 15.5 Å². The smallest absolute Gasteiger partial charge is 0.245 e. The second-order valence-corrected chi connectivity index (χ2v) is 9.42. The maximum Gasteiger partial charge on any atom is 0.245 e. The fourth-order valence-electron chi connectivity index (χ4n) is 4.81. The predicted molar refractivity (Wildman–Crippen MR) is 122 cm³/mol. The van der Waals surface area contributed by atoms with Gasteiger partial charge in [-0.2, -0.15) is 0 Å². The Balaban J connectivity index is 1.63. The normalized spacial score (nSPS) is 23.5. The number of thiophene rings is 1. The molecule has 2 atom stereocenters. The molecule has 1 aromatic carbocycles. The highest BCUT2D eigenvalue weighted by Crippen LogP contribution is 2.38. The number of rotatable bonds is 6. The van der Waals surface area contributed by atoms with Gasteiger partial charge >= 0.3 is 0 Å². The first kappa shape index (κ1) is 21.6. The van der Waals surface area contributed by atoms with E-state index in [0.29, 0.717) is 38.9 Å². The molecule has 2 fully saturated rings. The molecule has 0 aliphatic carbocycles. The highest BCUT2D eigenvalue weighted by molar-refractivity contribution is 7.13. The Hall–Kier alpha value is -2.67. The molecule has 31 heavy (non-hydrogen) atoms. The molecule has 0 saturated carbocycles. The summed E-state index contributed by atoms with van der Waals surface area (Å²) in [5, 5.41) is 7.86. The van der Waals surface area contributed by atoms with Crippen molar-refractivity contribution in [1.29, 1.82) is 0 Å². The molecule has 2 N–H and O–H groups in total. The van der Waals surface area contributed by atoms with E-state index >= 15 is 0 Å². The van der Waals surface area contributed by atoms with Crippen molar-refractivity contribution in [3.63, 3.8) is 0 Å². The number of likely N-dealkylation sites (tertiary alicyclic amines) is 1. The second kappa shape index (κ2) is 9.22. The van der Waals surface area contributed by atoms with Crippen LogP contribution in [0.15, 0.2) is 41.8 Å². The van der Waals surface area contributed by atoms with E-state index in [1.165, 1.54) is 4.88 Å². The lowest BCUT2D eigenvalue weighted by Crippen LogP contribution is -2.57. The van der Waals surface area contributed by atoms with Gasteiger partial charge in [-0.15, -0.1) is 11.3 Å². The molecule has 2 saturated heterocycles. The molecule has 0 radical (unpaired) electrons. The van der Waals surface area contributed by atoms with E-state index in [1.807, 2.05) is 25.1 Å². The van der Waals surface area contributed by atoms with E-state index in [-0.39, 0.29) is 17.7 Å². The quantitative estimate of drug-likeness (QED) is 0.726.